The molecule has 0 aliphatic carbocycles. The molecule has 0 radical (unpaired) electrons. The maximum absolute atomic E-state index is 5.37. The van der Waals surface area contributed by atoms with Gasteiger partial charge in [0.25, 0.3) is 0 Å². The number of rotatable bonds is 5. The van der Waals surface area contributed by atoms with Crippen molar-refractivity contribution in [2.45, 2.75) is 13.0 Å². The molecule has 1 heterocycles. The first-order valence-corrected chi connectivity index (χ1v) is 7.40. The Labute approximate surface area is 130 Å². The second kappa shape index (κ2) is 6.48. The summed E-state index contributed by atoms with van der Waals surface area (Å²) in [6.45, 7) is 0.927. The summed E-state index contributed by atoms with van der Waals surface area (Å²) in [5.74, 6) is 1.55. The van der Waals surface area contributed by atoms with Crippen molar-refractivity contribution in [1.29, 1.82) is 0 Å². The summed E-state index contributed by atoms with van der Waals surface area (Å²) in [7, 11) is 3.32. The Morgan fingerprint density at radius 1 is 0.864 bits per heavy atom. The fourth-order valence-electron chi connectivity index (χ4n) is 2.70. The van der Waals surface area contributed by atoms with Gasteiger partial charge in [0.1, 0.15) is 0 Å². The summed E-state index contributed by atoms with van der Waals surface area (Å²) in [5, 5.41) is 1.26. The van der Waals surface area contributed by atoms with E-state index < -0.39 is 0 Å². The van der Waals surface area contributed by atoms with Crippen LogP contribution in [0.1, 0.15) is 5.56 Å². The number of nitrogens with zero attached hydrogens (tertiary/aromatic N) is 1. The number of methoxy groups -OCH3 is 2. The minimum Gasteiger partial charge on any atom is -0.493 e. The summed E-state index contributed by atoms with van der Waals surface area (Å²) in [4.78, 5) is 0. The number of aromatic nitrogens is 1. The molecule has 0 bridgehead atoms. The van der Waals surface area contributed by atoms with E-state index in [-0.39, 0.29) is 0 Å². The van der Waals surface area contributed by atoms with E-state index in [1.165, 1.54) is 16.5 Å². The molecule has 3 nitrogen and oxygen atoms in total. The lowest BCUT2D eigenvalue weighted by molar-refractivity contribution is -0.670. The van der Waals surface area contributed by atoms with Crippen molar-refractivity contribution in [1.82, 2.24) is 0 Å². The van der Waals surface area contributed by atoms with Gasteiger partial charge in [0.05, 0.1) is 14.2 Å². The van der Waals surface area contributed by atoms with Crippen LogP contribution in [0.2, 0.25) is 0 Å². The molecular formula is C19H20NO2+. The van der Waals surface area contributed by atoms with Crippen LogP contribution in [0.5, 0.6) is 11.5 Å². The Kier molecular flexibility index (Phi) is 4.24. The number of ether oxygens (including phenoxy) is 2. The standard InChI is InChI=1S/C19H20NO2/c1-21-18-10-9-15(14-19(18)22-2)11-13-20-12-5-7-16-6-3-4-8-17(16)20/h3-10,12,14H,11,13H2,1-2H3/q+1. The molecule has 3 heteroatoms. The predicted octanol–water partition coefficient (Wildman–Crippen LogP) is 3.39. The van der Waals surface area contributed by atoms with Crippen molar-refractivity contribution < 1.29 is 14.0 Å². The van der Waals surface area contributed by atoms with Crippen LogP contribution in [0.25, 0.3) is 10.9 Å². The normalized spacial score (nSPS) is 10.6. The summed E-state index contributed by atoms with van der Waals surface area (Å²) in [6.07, 6.45) is 3.07. The number of hydrogen-bond acceptors (Lipinski definition) is 2. The van der Waals surface area contributed by atoms with Gasteiger partial charge in [-0.15, -0.1) is 0 Å². The molecule has 0 saturated heterocycles. The van der Waals surface area contributed by atoms with E-state index in [9.17, 15) is 0 Å². The molecule has 3 aromatic rings. The van der Waals surface area contributed by atoms with Gasteiger partial charge >= 0.3 is 0 Å². The third-order valence-corrected chi connectivity index (χ3v) is 3.88. The first-order valence-electron chi connectivity index (χ1n) is 7.40. The molecule has 0 amide bonds. The third kappa shape index (κ3) is 2.89. The van der Waals surface area contributed by atoms with Crippen LogP contribution in [0.4, 0.5) is 0 Å². The van der Waals surface area contributed by atoms with E-state index in [1.807, 2.05) is 12.1 Å². The smallest absolute Gasteiger partial charge is 0.212 e. The Balaban J connectivity index is 1.82. The zero-order valence-corrected chi connectivity index (χ0v) is 13.0. The Bertz CT molecular complexity index is 778. The fraction of sp³-hybridized carbons (Fsp3) is 0.211. The predicted molar refractivity (Wildman–Crippen MR) is 87.4 cm³/mol. The van der Waals surface area contributed by atoms with Crippen molar-refractivity contribution in [3.63, 3.8) is 0 Å². The zero-order chi connectivity index (χ0) is 15.4. The van der Waals surface area contributed by atoms with Crippen LogP contribution in [0.15, 0.2) is 60.8 Å². The highest BCUT2D eigenvalue weighted by Gasteiger charge is 2.09. The molecule has 0 N–H and O–H groups in total. The van der Waals surface area contributed by atoms with Gasteiger partial charge in [-0.05, 0) is 29.8 Å². The van der Waals surface area contributed by atoms with Crippen LogP contribution in [-0.2, 0) is 13.0 Å². The Morgan fingerprint density at radius 2 is 1.64 bits per heavy atom. The van der Waals surface area contributed by atoms with E-state index >= 15 is 0 Å². The molecule has 0 unspecified atom stereocenters. The van der Waals surface area contributed by atoms with Crippen LogP contribution >= 0.6 is 0 Å². The lowest BCUT2D eigenvalue weighted by Gasteiger charge is -2.09. The van der Waals surface area contributed by atoms with Crippen molar-refractivity contribution in [2.75, 3.05) is 14.2 Å². The van der Waals surface area contributed by atoms with E-state index in [0.717, 1.165) is 24.5 Å². The van der Waals surface area contributed by atoms with Crippen molar-refractivity contribution in [3.05, 3.63) is 66.4 Å². The molecule has 1 aromatic heterocycles. The number of pyridine rings is 1. The minimum absolute atomic E-state index is 0.768. The molecule has 22 heavy (non-hydrogen) atoms. The van der Waals surface area contributed by atoms with Gasteiger partial charge in [-0.3, -0.25) is 0 Å². The van der Waals surface area contributed by atoms with Crippen LogP contribution in [-0.4, -0.2) is 14.2 Å². The van der Waals surface area contributed by atoms with Gasteiger partial charge in [0.2, 0.25) is 5.52 Å². The maximum atomic E-state index is 5.37. The van der Waals surface area contributed by atoms with E-state index in [0.29, 0.717) is 0 Å². The highest BCUT2D eigenvalue weighted by molar-refractivity contribution is 5.74. The second-order valence-electron chi connectivity index (χ2n) is 5.20. The fourth-order valence-corrected chi connectivity index (χ4v) is 2.70. The van der Waals surface area contributed by atoms with Crippen LogP contribution in [0.3, 0.4) is 0 Å². The molecule has 0 aliphatic heterocycles. The van der Waals surface area contributed by atoms with E-state index in [1.54, 1.807) is 14.2 Å². The lowest BCUT2D eigenvalue weighted by atomic mass is 10.1. The van der Waals surface area contributed by atoms with Crippen LogP contribution < -0.4 is 14.0 Å². The number of fused-ring (bicyclic) bond motifs is 1. The second-order valence-corrected chi connectivity index (χ2v) is 5.20. The SMILES string of the molecule is COc1ccc(CC[n+]2cccc3ccccc32)cc1OC. The zero-order valence-electron chi connectivity index (χ0n) is 13.0. The highest BCUT2D eigenvalue weighted by atomic mass is 16.5. The summed E-state index contributed by atoms with van der Waals surface area (Å²) in [5.41, 5.74) is 2.49. The van der Waals surface area contributed by atoms with Gasteiger partial charge < -0.3 is 9.47 Å². The molecule has 2 aromatic carbocycles. The first kappa shape index (κ1) is 14.4. The average molecular weight is 294 g/mol. The molecule has 0 spiro atoms. The molecule has 112 valence electrons. The quantitative estimate of drug-likeness (QED) is 0.673. The van der Waals surface area contributed by atoms with Crippen molar-refractivity contribution in [2.24, 2.45) is 0 Å². The van der Waals surface area contributed by atoms with E-state index in [2.05, 4.69) is 53.2 Å². The summed E-state index contributed by atoms with van der Waals surface area (Å²) < 4.78 is 12.9. The van der Waals surface area contributed by atoms with Gasteiger partial charge in [0, 0.05) is 23.9 Å². The third-order valence-electron chi connectivity index (χ3n) is 3.88. The summed E-state index contributed by atoms with van der Waals surface area (Å²) in [6, 6.07) is 18.8. The maximum Gasteiger partial charge on any atom is 0.212 e. The lowest BCUT2D eigenvalue weighted by Crippen LogP contribution is -2.35. The number of hydrogen-bond donors (Lipinski definition) is 0. The molecular weight excluding hydrogens is 274 g/mol. The van der Waals surface area contributed by atoms with Gasteiger partial charge in [-0.2, -0.15) is 4.57 Å². The molecule has 0 atom stereocenters. The van der Waals surface area contributed by atoms with Crippen molar-refractivity contribution >= 4 is 10.9 Å². The highest BCUT2D eigenvalue weighted by Crippen LogP contribution is 2.27. The molecule has 0 aliphatic rings. The number of benzene rings is 2. The topological polar surface area (TPSA) is 22.3 Å². The van der Waals surface area contributed by atoms with Crippen molar-refractivity contribution in [3.8, 4) is 11.5 Å². The van der Waals surface area contributed by atoms with Gasteiger partial charge in [-0.1, -0.05) is 18.2 Å². The van der Waals surface area contributed by atoms with Crippen LogP contribution in [0, 0.1) is 0 Å². The minimum atomic E-state index is 0.768. The summed E-state index contributed by atoms with van der Waals surface area (Å²) >= 11 is 0. The van der Waals surface area contributed by atoms with Gasteiger partial charge in [0.15, 0.2) is 24.2 Å². The van der Waals surface area contributed by atoms with E-state index in [4.69, 9.17) is 9.47 Å². The first-order chi connectivity index (χ1) is 10.8. The number of aryl methyl sites for hydroxylation is 2. The molecule has 3 rings (SSSR count). The number of para-hydroxylation sites is 1. The average Bonchev–Trinajstić information content (AvgIpc) is 2.59. The Morgan fingerprint density at radius 3 is 2.45 bits per heavy atom. The van der Waals surface area contributed by atoms with Gasteiger partial charge in [-0.25, -0.2) is 0 Å². The largest absolute Gasteiger partial charge is 0.493 e. The molecule has 0 fully saturated rings. The Hall–Kier alpha value is -2.55. The monoisotopic (exact) mass is 294 g/mol. The molecule has 0 saturated carbocycles.